The van der Waals surface area contributed by atoms with Gasteiger partial charge in [0.05, 0.1) is 16.3 Å². The molecule has 0 bridgehead atoms. The quantitative estimate of drug-likeness (QED) is 0.534. The molecule has 3 N–H and O–H groups in total. The molecule has 1 saturated heterocycles. The fraction of sp³-hybridized carbons (Fsp3) is 0.409. The molecule has 2 heterocycles. The van der Waals surface area contributed by atoms with E-state index in [4.69, 9.17) is 23.2 Å². The summed E-state index contributed by atoms with van der Waals surface area (Å²) >= 11 is 13.4. The van der Waals surface area contributed by atoms with Gasteiger partial charge in [0, 0.05) is 23.0 Å². The lowest BCUT2D eigenvalue weighted by Gasteiger charge is -2.41. The van der Waals surface area contributed by atoms with E-state index in [2.05, 4.69) is 16.0 Å². The van der Waals surface area contributed by atoms with Crippen molar-refractivity contribution in [2.45, 2.75) is 45.6 Å². The van der Waals surface area contributed by atoms with Crippen LogP contribution in [-0.2, 0) is 10.2 Å². The van der Waals surface area contributed by atoms with E-state index in [0.29, 0.717) is 39.4 Å². The number of rotatable bonds is 3. The lowest BCUT2D eigenvalue weighted by atomic mass is 9.93. The molecule has 10 heteroatoms. The standard InChI is InChI=1S/C22H26Cl2N4O3S/c1-21(2,3)16-11-13(18(29)28-9-8-25-19(30)22(28,4)5)17(32-16)27-20(31)26-15-7-6-12(23)10-14(15)24/h6-7,10-11H,8-9H2,1-5H3,(H,25,30)(H2,26,27,31). The van der Waals surface area contributed by atoms with Crippen LogP contribution in [0.2, 0.25) is 10.0 Å². The van der Waals surface area contributed by atoms with Gasteiger partial charge < -0.3 is 15.5 Å². The Bertz CT molecular complexity index is 1080. The lowest BCUT2D eigenvalue weighted by molar-refractivity contribution is -0.133. The Kier molecular flexibility index (Phi) is 6.79. The molecule has 1 fully saturated rings. The van der Waals surface area contributed by atoms with Crippen LogP contribution in [0.4, 0.5) is 15.5 Å². The number of halogens is 2. The number of benzene rings is 1. The molecule has 0 spiro atoms. The van der Waals surface area contributed by atoms with Crippen molar-refractivity contribution >= 4 is 63.1 Å². The number of carbonyl (C=O) groups excluding carboxylic acids is 3. The van der Waals surface area contributed by atoms with Gasteiger partial charge in [-0.15, -0.1) is 11.3 Å². The number of urea groups is 1. The molecule has 0 atom stereocenters. The van der Waals surface area contributed by atoms with Crippen molar-refractivity contribution < 1.29 is 14.4 Å². The van der Waals surface area contributed by atoms with Crippen LogP contribution in [0.25, 0.3) is 0 Å². The molecule has 1 aromatic carbocycles. The Morgan fingerprint density at radius 1 is 1.16 bits per heavy atom. The lowest BCUT2D eigenvalue weighted by Crippen LogP contribution is -2.63. The van der Waals surface area contributed by atoms with E-state index in [1.165, 1.54) is 17.4 Å². The number of nitrogens with zero attached hydrogens (tertiary/aromatic N) is 1. The molecule has 1 aromatic heterocycles. The van der Waals surface area contributed by atoms with Crippen LogP contribution in [0.15, 0.2) is 24.3 Å². The second kappa shape index (κ2) is 8.92. The fourth-order valence-electron chi connectivity index (χ4n) is 3.26. The van der Waals surface area contributed by atoms with E-state index < -0.39 is 11.6 Å². The number of hydrogen-bond donors (Lipinski definition) is 3. The minimum atomic E-state index is -1.00. The Labute approximate surface area is 201 Å². The highest BCUT2D eigenvalue weighted by Gasteiger charge is 2.42. The number of piperazine rings is 1. The van der Waals surface area contributed by atoms with Gasteiger partial charge in [0.2, 0.25) is 5.91 Å². The third kappa shape index (κ3) is 5.03. The zero-order chi connectivity index (χ0) is 23.8. The molecular formula is C22H26Cl2N4O3S. The van der Waals surface area contributed by atoms with Gasteiger partial charge in [0.15, 0.2) is 0 Å². The van der Waals surface area contributed by atoms with Crippen molar-refractivity contribution in [2.75, 3.05) is 23.7 Å². The first kappa shape index (κ1) is 24.4. The average Bonchev–Trinajstić information content (AvgIpc) is 3.10. The summed E-state index contributed by atoms with van der Waals surface area (Å²) in [7, 11) is 0. The van der Waals surface area contributed by atoms with E-state index >= 15 is 0 Å². The van der Waals surface area contributed by atoms with Crippen molar-refractivity contribution in [3.8, 4) is 0 Å². The van der Waals surface area contributed by atoms with E-state index in [9.17, 15) is 14.4 Å². The zero-order valence-electron chi connectivity index (χ0n) is 18.6. The Morgan fingerprint density at radius 2 is 1.84 bits per heavy atom. The molecule has 1 aliphatic heterocycles. The van der Waals surface area contributed by atoms with Crippen molar-refractivity contribution in [2.24, 2.45) is 0 Å². The Morgan fingerprint density at radius 3 is 2.47 bits per heavy atom. The summed E-state index contributed by atoms with van der Waals surface area (Å²) in [5.74, 6) is -0.524. The molecule has 0 unspecified atom stereocenters. The van der Waals surface area contributed by atoms with Gasteiger partial charge >= 0.3 is 6.03 Å². The zero-order valence-corrected chi connectivity index (χ0v) is 20.9. The van der Waals surface area contributed by atoms with E-state index in [-0.39, 0.29) is 17.2 Å². The molecule has 3 rings (SSSR count). The molecule has 4 amide bonds. The van der Waals surface area contributed by atoms with Gasteiger partial charge in [-0.3, -0.25) is 14.9 Å². The van der Waals surface area contributed by atoms with E-state index in [1.54, 1.807) is 36.9 Å². The molecule has 32 heavy (non-hydrogen) atoms. The third-order valence-corrected chi connectivity index (χ3v) is 7.23. The van der Waals surface area contributed by atoms with Crippen LogP contribution in [-0.4, -0.2) is 41.4 Å². The molecule has 7 nitrogen and oxygen atoms in total. The number of thiophene rings is 1. The minimum absolute atomic E-state index is 0.215. The van der Waals surface area contributed by atoms with Crippen LogP contribution in [0.3, 0.4) is 0 Å². The molecular weight excluding hydrogens is 471 g/mol. The SMILES string of the molecule is CC(C)(C)c1cc(C(=O)N2CCNC(=O)C2(C)C)c(NC(=O)Nc2ccc(Cl)cc2Cl)s1. The number of amides is 4. The van der Waals surface area contributed by atoms with Gasteiger partial charge in [-0.25, -0.2) is 4.79 Å². The van der Waals surface area contributed by atoms with Gasteiger partial charge in [-0.2, -0.15) is 0 Å². The normalized spacial score (nSPS) is 15.8. The third-order valence-electron chi connectivity index (χ3n) is 5.20. The number of nitrogens with one attached hydrogen (secondary N) is 3. The van der Waals surface area contributed by atoms with E-state index in [1.807, 2.05) is 20.8 Å². The van der Waals surface area contributed by atoms with Crippen LogP contribution >= 0.6 is 34.5 Å². The van der Waals surface area contributed by atoms with E-state index in [0.717, 1.165) is 4.88 Å². The predicted octanol–water partition coefficient (Wildman–Crippen LogP) is 5.35. The number of carbonyl (C=O) groups is 3. The number of anilines is 2. The predicted molar refractivity (Wildman–Crippen MR) is 130 cm³/mol. The largest absolute Gasteiger partial charge is 0.352 e. The summed E-state index contributed by atoms with van der Waals surface area (Å²) in [6.45, 7) is 10.3. The van der Waals surface area contributed by atoms with Crippen molar-refractivity contribution in [3.05, 3.63) is 44.8 Å². The first-order valence-electron chi connectivity index (χ1n) is 10.1. The first-order chi connectivity index (χ1) is 14.8. The smallest absolute Gasteiger partial charge is 0.324 e. The maximum absolute atomic E-state index is 13.5. The average molecular weight is 497 g/mol. The molecule has 1 aliphatic rings. The van der Waals surface area contributed by atoms with Gasteiger partial charge in [-0.1, -0.05) is 44.0 Å². The van der Waals surface area contributed by atoms with Crippen molar-refractivity contribution in [1.29, 1.82) is 0 Å². The maximum Gasteiger partial charge on any atom is 0.324 e. The van der Waals surface area contributed by atoms with Crippen molar-refractivity contribution in [1.82, 2.24) is 10.2 Å². The molecule has 0 aliphatic carbocycles. The summed E-state index contributed by atoms with van der Waals surface area (Å²) in [4.78, 5) is 41.0. The minimum Gasteiger partial charge on any atom is -0.352 e. The summed E-state index contributed by atoms with van der Waals surface area (Å²) in [5, 5.41) is 9.41. The molecule has 0 radical (unpaired) electrons. The topological polar surface area (TPSA) is 90.5 Å². The number of hydrogen-bond acceptors (Lipinski definition) is 4. The second-order valence-electron chi connectivity index (χ2n) is 9.08. The van der Waals surface area contributed by atoms with Crippen LogP contribution in [0.5, 0.6) is 0 Å². The van der Waals surface area contributed by atoms with Crippen molar-refractivity contribution in [3.63, 3.8) is 0 Å². The van der Waals surface area contributed by atoms with Crippen LogP contribution < -0.4 is 16.0 Å². The van der Waals surface area contributed by atoms with Gasteiger partial charge in [-0.05, 0) is 43.5 Å². The Balaban J connectivity index is 1.91. The summed E-state index contributed by atoms with van der Waals surface area (Å²) in [6, 6.07) is 5.99. The fourth-order valence-corrected chi connectivity index (χ4v) is 4.82. The summed E-state index contributed by atoms with van der Waals surface area (Å²) in [5.41, 5.74) is -0.497. The van der Waals surface area contributed by atoms with Crippen LogP contribution in [0, 0.1) is 0 Å². The highest BCUT2D eigenvalue weighted by atomic mass is 35.5. The van der Waals surface area contributed by atoms with Gasteiger partial charge in [0.25, 0.3) is 5.91 Å². The van der Waals surface area contributed by atoms with Crippen LogP contribution in [0.1, 0.15) is 49.9 Å². The second-order valence-corrected chi connectivity index (χ2v) is 11.0. The Hall–Kier alpha value is -2.29. The van der Waals surface area contributed by atoms with Gasteiger partial charge in [0.1, 0.15) is 10.5 Å². The first-order valence-corrected chi connectivity index (χ1v) is 11.7. The molecule has 2 aromatic rings. The maximum atomic E-state index is 13.5. The monoisotopic (exact) mass is 496 g/mol. The summed E-state index contributed by atoms with van der Waals surface area (Å²) < 4.78 is 0. The molecule has 172 valence electrons. The highest BCUT2D eigenvalue weighted by Crippen LogP contribution is 2.38. The molecule has 0 saturated carbocycles. The highest BCUT2D eigenvalue weighted by molar-refractivity contribution is 7.16. The summed E-state index contributed by atoms with van der Waals surface area (Å²) in [6.07, 6.45) is 0.